The largest absolute Gasteiger partial charge is 0.0622 e. The third-order valence-corrected chi connectivity index (χ3v) is 8.71. The molecule has 0 radical (unpaired) electrons. The van der Waals surface area contributed by atoms with E-state index >= 15 is 0 Å². The van der Waals surface area contributed by atoms with E-state index in [4.69, 9.17) is 0 Å². The van der Waals surface area contributed by atoms with Crippen LogP contribution in [0.4, 0.5) is 0 Å². The molecule has 0 aliphatic carbocycles. The molecular weight excluding hydrogens is 528 g/mol. The van der Waals surface area contributed by atoms with Gasteiger partial charge in [-0.1, -0.05) is 182 Å². The lowest BCUT2D eigenvalue weighted by molar-refractivity contribution is 1.58. The average Bonchev–Trinajstić information content (AvgIpc) is 3.11. The molecule has 8 aromatic carbocycles. The molecule has 0 heterocycles. The Balaban J connectivity index is 1.39. The van der Waals surface area contributed by atoms with E-state index in [2.05, 4.69) is 182 Å². The van der Waals surface area contributed by atoms with Gasteiger partial charge in [0.15, 0.2) is 0 Å². The molecule has 0 saturated heterocycles. The van der Waals surface area contributed by atoms with E-state index in [0.717, 1.165) is 0 Å². The fourth-order valence-corrected chi connectivity index (χ4v) is 6.71. The minimum atomic E-state index is 1.21. The van der Waals surface area contributed by atoms with Crippen LogP contribution in [0.2, 0.25) is 0 Å². The minimum absolute atomic E-state index is 1.21. The van der Waals surface area contributed by atoms with Gasteiger partial charge in [0.05, 0.1) is 0 Å². The molecule has 0 amide bonds. The maximum Gasteiger partial charge on any atom is -0.00201 e. The molecule has 0 fully saturated rings. The van der Waals surface area contributed by atoms with Gasteiger partial charge in [-0.2, -0.15) is 0 Å². The lowest BCUT2D eigenvalue weighted by Crippen LogP contribution is -1.94. The molecule has 8 rings (SSSR count). The van der Waals surface area contributed by atoms with Crippen molar-refractivity contribution in [2.24, 2.45) is 0 Å². The molecule has 0 saturated carbocycles. The molecule has 0 N–H and O–H groups in total. The van der Waals surface area contributed by atoms with Crippen LogP contribution in [0.1, 0.15) is 0 Å². The zero-order chi connectivity index (χ0) is 29.3. The summed E-state index contributed by atoms with van der Waals surface area (Å²) in [7, 11) is 0. The van der Waals surface area contributed by atoms with Crippen LogP contribution in [0.5, 0.6) is 0 Å². The third kappa shape index (κ3) is 4.49. The summed E-state index contributed by atoms with van der Waals surface area (Å²) >= 11 is 0. The molecule has 44 heavy (non-hydrogen) atoms. The van der Waals surface area contributed by atoms with Crippen LogP contribution in [-0.4, -0.2) is 0 Å². The van der Waals surface area contributed by atoms with Gasteiger partial charge in [0.1, 0.15) is 0 Å². The topological polar surface area (TPSA) is 0 Å². The van der Waals surface area contributed by atoms with Crippen LogP contribution < -0.4 is 0 Å². The molecule has 0 bridgehead atoms. The highest BCUT2D eigenvalue weighted by atomic mass is 14.2. The van der Waals surface area contributed by atoms with E-state index in [9.17, 15) is 0 Å². The maximum absolute atomic E-state index is 2.29. The summed E-state index contributed by atoms with van der Waals surface area (Å²) in [6, 6.07) is 65.8. The van der Waals surface area contributed by atoms with Crippen LogP contribution in [0.25, 0.3) is 77.2 Å². The highest BCUT2D eigenvalue weighted by molar-refractivity contribution is 6.23. The number of rotatable bonds is 5. The van der Waals surface area contributed by atoms with Crippen molar-refractivity contribution in [3.05, 3.63) is 182 Å². The van der Waals surface area contributed by atoms with Crippen molar-refractivity contribution in [3.8, 4) is 55.6 Å². The van der Waals surface area contributed by atoms with E-state index in [1.165, 1.54) is 77.2 Å². The van der Waals surface area contributed by atoms with E-state index in [1.807, 2.05) is 0 Å². The predicted octanol–water partition coefficient (Wildman–Crippen LogP) is 12.3. The summed E-state index contributed by atoms with van der Waals surface area (Å²) in [5.41, 5.74) is 12.4. The van der Waals surface area contributed by atoms with E-state index < -0.39 is 0 Å². The van der Waals surface area contributed by atoms with Crippen molar-refractivity contribution in [2.75, 3.05) is 0 Å². The first kappa shape index (κ1) is 25.9. The van der Waals surface area contributed by atoms with Gasteiger partial charge in [-0.05, 0) is 77.2 Å². The Hall–Kier alpha value is -5.72. The van der Waals surface area contributed by atoms with Crippen LogP contribution in [0.3, 0.4) is 0 Å². The third-order valence-electron chi connectivity index (χ3n) is 8.71. The van der Waals surface area contributed by atoms with Gasteiger partial charge in [-0.25, -0.2) is 0 Å². The normalized spacial score (nSPS) is 11.2. The second-order valence-electron chi connectivity index (χ2n) is 11.2. The molecular formula is C44H30. The minimum Gasteiger partial charge on any atom is -0.0622 e. The molecule has 0 heteroatoms. The van der Waals surface area contributed by atoms with Gasteiger partial charge in [0.25, 0.3) is 0 Å². The molecule has 0 atom stereocenters. The van der Waals surface area contributed by atoms with Gasteiger partial charge in [0, 0.05) is 0 Å². The Bertz CT molecular complexity index is 2180. The van der Waals surface area contributed by atoms with Gasteiger partial charge >= 0.3 is 0 Å². The fraction of sp³-hybridized carbons (Fsp3) is 0. The Labute approximate surface area is 258 Å². The highest BCUT2D eigenvalue weighted by Crippen LogP contribution is 2.47. The Morgan fingerprint density at radius 2 is 0.455 bits per heavy atom. The summed E-state index contributed by atoms with van der Waals surface area (Å²) in [6.07, 6.45) is 0. The van der Waals surface area contributed by atoms with Gasteiger partial charge < -0.3 is 0 Å². The molecule has 0 aromatic heterocycles. The summed E-state index contributed by atoms with van der Waals surface area (Å²) in [6.45, 7) is 0. The van der Waals surface area contributed by atoms with Crippen LogP contribution in [0.15, 0.2) is 182 Å². The first-order chi connectivity index (χ1) is 21.9. The van der Waals surface area contributed by atoms with Gasteiger partial charge in [0.2, 0.25) is 0 Å². The van der Waals surface area contributed by atoms with Crippen molar-refractivity contribution in [1.29, 1.82) is 0 Å². The number of benzene rings is 8. The lowest BCUT2D eigenvalue weighted by Gasteiger charge is -2.21. The Kier molecular flexibility index (Phi) is 6.59. The highest BCUT2D eigenvalue weighted by Gasteiger charge is 2.20. The molecule has 0 aliphatic rings. The molecule has 8 aromatic rings. The number of hydrogen-bond donors (Lipinski definition) is 0. The van der Waals surface area contributed by atoms with Crippen LogP contribution in [0, 0.1) is 0 Å². The van der Waals surface area contributed by atoms with Crippen molar-refractivity contribution >= 4 is 21.5 Å². The van der Waals surface area contributed by atoms with E-state index in [-0.39, 0.29) is 0 Å². The second kappa shape index (κ2) is 11.2. The quantitative estimate of drug-likeness (QED) is 0.184. The maximum atomic E-state index is 2.29. The zero-order valence-electron chi connectivity index (χ0n) is 24.3. The molecule has 0 nitrogen and oxygen atoms in total. The monoisotopic (exact) mass is 558 g/mol. The summed E-state index contributed by atoms with van der Waals surface area (Å²) in [5.74, 6) is 0. The SMILES string of the molecule is c1ccc(-c2ccc(-c3ccccc3-c3c4ccccc4c(-c4ccccc4-c4ccccc4)c4ccccc34)cc2)cc1. The summed E-state index contributed by atoms with van der Waals surface area (Å²) in [4.78, 5) is 0. The van der Waals surface area contributed by atoms with Crippen LogP contribution >= 0.6 is 0 Å². The first-order valence-electron chi connectivity index (χ1n) is 15.2. The van der Waals surface area contributed by atoms with Crippen molar-refractivity contribution in [2.45, 2.75) is 0 Å². The molecule has 206 valence electrons. The molecule has 0 aliphatic heterocycles. The smallest absolute Gasteiger partial charge is 0.00201 e. The standard InChI is InChI=1S/C44H30/c1-3-15-31(16-4-1)32-27-29-34(30-28-32)36-20-8-10-22-38(36)44-41-25-13-11-23-39(41)43(40-24-12-14-26-42(40)44)37-21-9-7-19-35(37)33-17-5-2-6-18-33/h1-30H. The predicted molar refractivity (Wildman–Crippen MR) is 189 cm³/mol. The Morgan fingerprint density at radius 1 is 0.182 bits per heavy atom. The van der Waals surface area contributed by atoms with Crippen molar-refractivity contribution < 1.29 is 0 Å². The van der Waals surface area contributed by atoms with E-state index in [1.54, 1.807) is 0 Å². The lowest BCUT2D eigenvalue weighted by atomic mass is 9.82. The van der Waals surface area contributed by atoms with Crippen molar-refractivity contribution in [1.82, 2.24) is 0 Å². The van der Waals surface area contributed by atoms with Gasteiger partial charge in [-0.3, -0.25) is 0 Å². The molecule has 0 unspecified atom stereocenters. The zero-order valence-corrected chi connectivity index (χ0v) is 24.3. The summed E-state index contributed by atoms with van der Waals surface area (Å²) in [5, 5.41) is 5.05. The number of fused-ring (bicyclic) bond motifs is 2. The first-order valence-corrected chi connectivity index (χ1v) is 15.2. The van der Waals surface area contributed by atoms with Gasteiger partial charge in [-0.15, -0.1) is 0 Å². The van der Waals surface area contributed by atoms with Crippen molar-refractivity contribution in [3.63, 3.8) is 0 Å². The van der Waals surface area contributed by atoms with Crippen LogP contribution in [-0.2, 0) is 0 Å². The summed E-state index contributed by atoms with van der Waals surface area (Å²) < 4.78 is 0. The average molecular weight is 559 g/mol. The van der Waals surface area contributed by atoms with E-state index in [0.29, 0.717) is 0 Å². The second-order valence-corrected chi connectivity index (χ2v) is 11.2. The molecule has 0 spiro atoms. The number of hydrogen-bond acceptors (Lipinski definition) is 0. The Morgan fingerprint density at radius 3 is 0.886 bits per heavy atom. The fourth-order valence-electron chi connectivity index (χ4n) is 6.71.